The highest BCUT2D eigenvalue weighted by Crippen LogP contribution is 2.45. The highest BCUT2D eigenvalue weighted by Gasteiger charge is 2.40. The first-order valence-corrected chi connectivity index (χ1v) is 11.9. The summed E-state index contributed by atoms with van der Waals surface area (Å²) in [4.78, 5) is 11.2. The molecule has 0 aliphatic heterocycles. The average molecular weight is 630 g/mol. The summed E-state index contributed by atoms with van der Waals surface area (Å²) in [5.41, 5.74) is -11.4. The maximum Gasteiger partial charge on any atom is 0.416 e. The minimum Gasteiger partial charge on any atom is -0.243 e. The van der Waals surface area contributed by atoms with Gasteiger partial charge in [0.1, 0.15) is 5.69 Å². The molecule has 0 radical (unpaired) electrons. The van der Waals surface area contributed by atoms with Crippen molar-refractivity contribution in [3.8, 4) is 33.8 Å². The third-order valence-corrected chi connectivity index (χ3v) is 6.43. The van der Waals surface area contributed by atoms with Crippen LogP contribution < -0.4 is 0 Å². The fourth-order valence-electron chi connectivity index (χ4n) is 4.55. The molecule has 0 saturated carbocycles. The second-order valence-electron chi connectivity index (χ2n) is 9.30. The summed E-state index contributed by atoms with van der Waals surface area (Å²) in [5.74, 6) is 0. The zero-order valence-electron chi connectivity index (χ0n) is 21.1. The van der Waals surface area contributed by atoms with Gasteiger partial charge < -0.3 is 0 Å². The van der Waals surface area contributed by atoms with E-state index in [1.807, 2.05) is 0 Å². The van der Waals surface area contributed by atoms with E-state index in [1.165, 1.54) is 24.3 Å². The van der Waals surface area contributed by atoms with E-state index in [1.54, 1.807) is 0 Å². The number of alkyl halides is 12. The van der Waals surface area contributed by atoms with Gasteiger partial charge in [0.2, 0.25) is 0 Å². The Morgan fingerprint density at radius 2 is 0.864 bits per heavy atom. The van der Waals surface area contributed by atoms with Crippen molar-refractivity contribution >= 4 is 5.71 Å². The quantitative estimate of drug-likeness (QED) is 0.111. The molecule has 4 nitrogen and oxygen atoms in total. The largest absolute Gasteiger partial charge is 0.416 e. The minimum absolute atomic E-state index is 0.160. The normalized spacial score (nSPS) is 14.4. The van der Waals surface area contributed by atoms with Gasteiger partial charge in [-0.05, 0) is 36.4 Å². The number of halogens is 12. The van der Waals surface area contributed by atoms with Crippen LogP contribution in [0.5, 0.6) is 0 Å². The monoisotopic (exact) mass is 630 g/mol. The van der Waals surface area contributed by atoms with Crippen LogP contribution in [-0.2, 0) is 24.7 Å². The second kappa shape index (κ2) is 10.1. The van der Waals surface area contributed by atoms with Gasteiger partial charge in [-0.15, -0.1) is 4.95 Å². The van der Waals surface area contributed by atoms with Crippen molar-refractivity contribution in [1.82, 2.24) is 9.97 Å². The lowest BCUT2D eigenvalue weighted by Crippen LogP contribution is -2.13. The van der Waals surface area contributed by atoms with Crippen LogP contribution in [0.2, 0.25) is 0 Å². The predicted octanol–water partition coefficient (Wildman–Crippen LogP) is 9.54. The molecule has 4 aromatic rings. The average Bonchev–Trinajstić information content (AvgIpc) is 3.23. The first kappa shape index (κ1) is 30.5. The summed E-state index contributed by atoms with van der Waals surface area (Å²) in [6, 6.07) is 6.22. The van der Waals surface area contributed by atoms with E-state index in [9.17, 15) is 52.7 Å². The van der Waals surface area contributed by atoms with E-state index >= 15 is 0 Å². The first-order chi connectivity index (χ1) is 20.3. The van der Waals surface area contributed by atoms with Gasteiger partial charge in [-0.2, -0.15) is 59.3 Å². The number of hydrogen-bond acceptors (Lipinski definition) is 3. The molecule has 0 spiro atoms. The Hall–Kier alpha value is -4.94. The Balaban J connectivity index is 1.94. The van der Waals surface area contributed by atoms with Crippen LogP contribution in [0.25, 0.3) is 38.7 Å². The molecule has 3 aromatic carbocycles. The van der Waals surface area contributed by atoms with Crippen molar-refractivity contribution < 1.29 is 52.7 Å². The summed E-state index contributed by atoms with van der Waals surface area (Å²) in [6.45, 7) is 7.13. The van der Waals surface area contributed by atoms with Crippen LogP contribution in [0.1, 0.15) is 33.5 Å². The van der Waals surface area contributed by atoms with Gasteiger partial charge in [-0.1, -0.05) is 24.3 Å². The molecule has 226 valence electrons. The zero-order valence-corrected chi connectivity index (χ0v) is 21.1. The molecule has 1 aliphatic carbocycles. The standard InChI is InChI=1S/C28H10F12N4/c1-41-44-23-19-5-3-2-4-18(19)22-24(23)43-21(13-8-16(27(35,36)37)11-17(9-13)28(38,39)40)20(42-22)12-6-14(25(29,30)31)10-15(7-12)26(32,33)34/h2-11H/b44-23+. The van der Waals surface area contributed by atoms with E-state index in [-0.39, 0.29) is 64.6 Å². The van der Waals surface area contributed by atoms with Gasteiger partial charge in [0.05, 0.1) is 44.4 Å². The fraction of sp³-hybridized carbons (Fsp3) is 0.143. The van der Waals surface area contributed by atoms with Crippen LogP contribution in [0.15, 0.2) is 65.8 Å². The van der Waals surface area contributed by atoms with E-state index in [4.69, 9.17) is 6.57 Å². The lowest BCUT2D eigenvalue weighted by atomic mass is 9.96. The highest BCUT2D eigenvalue weighted by molar-refractivity contribution is 6.23. The molecule has 1 heterocycles. The van der Waals surface area contributed by atoms with E-state index in [0.717, 1.165) is 0 Å². The SMILES string of the molecule is [C-]#[N+]/N=C1\c2ccccc2-c2nc(-c3cc(C(F)(F)F)cc(C(F)(F)F)c3)c(-c3cc(C(F)(F)F)cc(C(F)(F)F)c3)nc21. The Bertz CT molecular complexity index is 1810. The van der Waals surface area contributed by atoms with Gasteiger partial charge >= 0.3 is 24.7 Å². The number of hydrogen-bond donors (Lipinski definition) is 0. The van der Waals surface area contributed by atoms with E-state index < -0.39 is 69.5 Å². The lowest BCUT2D eigenvalue weighted by molar-refractivity contribution is -0.144. The molecule has 0 atom stereocenters. The number of benzene rings is 3. The molecule has 0 unspecified atom stereocenters. The van der Waals surface area contributed by atoms with Crippen molar-refractivity contribution in [2.75, 3.05) is 0 Å². The molecule has 1 aromatic heterocycles. The maximum atomic E-state index is 13.7. The summed E-state index contributed by atoms with van der Waals surface area (Å²) in [7, 11) is 0. The molecule has 5 rings (SSSR count). The summed E-state index contributed by atoms with van der Waals surface area (Å²) >= 11 is 0. The summed E-state index contributed by atoms with van der Waals surface area (Å²) in [5, 5.41) is 3.60. The van der Waals surface area contributed by atoms with Crippen molar-refractivity contribution in [2.24, 2.45) is 5.10 Å². The maximum absolute atomic E-state index is 13.7. The minimum atomic E-state index is -5.35. The zero-order chi connectivity index (χ0) is 32.4. The van der Waals surface area contributed by atoms with Crippen molar-refractivity contribution in [3.63, 3.8) is 0 Å². The van der Waals surface area contributed by atoms with Crippen molar-refractivity contribution in [3.05, 3.63) is 106 Å². The number of rotatable bonds is 2. The van der Waals surface area contributed by atoms with E-state index in [2.05, 4.69) is 20.0 Å². The molecule has 16 heteroatoms. The number of fused-ring (bicyclic) bond motifs is 3. The lowest BCUT2D eigenvalue weighted by Gasteiger charge is -2.18. The second-order valence-corrected chi connectivity index (χ2v) is 9.30. The highest BCUT2D eigenvalue weighted by atomic mass is 19.4. The van der Waals surface area contributed by atoms with Crippen molar-refractivity contribution in [1.29, 1.82) is 0 Å². The summed E-state index contributed by atoms with van der Waals surface area (Å²) < 4.78 is 164. The third kappa shape index (κ3) is 5.56. The van der Waals surface area contributed by atoms with Crippen LogP contribution in [0.3, 0.4) is 0 Å². The van der Waals surface area contributed by atoms with Gasteiger partial charge in [-0.25, -0.2) is 9.97 Å². The molecule has 0 fully saturated rings. The fourth-order valence-corrected chi connectivity index (χ4v) is 4.55. The van der Waals surface area contributed by atoms with Gasteiger partial charge in [0, 0.05) is 22.3 Å². The smallest absolute Gasteiger partial charge is 0.243 e. The third-order valence-electron chi connectivity index (χ3n) is 6.43. The predicted molar refractivity (Wildman–Crippen MR) is 131 cm³/mol. The van der Waals surface area contributed by atoms with Crippen molar-refractivity contribution in [2.45, 2.75) is 24.7 Å². The number of nitrogens with zero attached hydrogens (tertiary/aromatic N) is 4. The van der Waals surface area contributed by atoms with Gasteiger partial charge in [-0.3, -0.25) is 0 Å². The molecule has 44 heavy (non-hydrogen) atoms. The van der Waals surface area contributed by atoms with Gasteiger partial charge in [0.25, 0.3) is 0 Å². The van der Waals surface area contributed by atoms with Crippen LogP contribution in [0.4, 0.5) is 52.7 Å². The molecular formula is C28H10F12N4. The molecule has 0 saturated heterocycles. The Kier molecular flexibility index (Phi) is 6.98. The molecule has 0 amide bonds. The first-order valence-electron chi connectivity index (χ1n) is 11.9. The Labute approximate surface area is 238 Å². The topological polar surface area (TPSA) is 42.5 Å². The number of aromatic nitrogens is 2. The summed E-state index contributed by atoms with van der Waals surface area (Å²) in [6.07, 6.45) is -21.4. The Morgan fingerprint density at radius 3 is 1.23 bits per heavy atom. The molecule has 0 bridgehead atoms. The molecule has 0 N–H and O–H groups in total. The van der Waals surface area contributed by atoms with E-state index in [0.29, 0.717) is 0 Å². The molecular weight excluding hydrogens is 620 g/mol. The van der Waals surface area contributed by atoms with Gasteiger partial charge in [0.15, 0.2) is 5.71 Å². The molecule has 1 aliphatic rings. The Morgan fingerprint density at radius 1 is 0.500 bits per heavy atom. The van der Waals surface area contributed by atoms with Crippen LogP contribution >= 0.6 is 0 Å². The van der Waals surface area contributed by atoms with Crippen LogP contribution in [-0.4, -0.2) is 15.7 Å². The van der Waals surface area contributed by atoms with Crippen LogP contribution in [0, 0.1) is 6.57 Å².